The van der Waals surface area contributed by atoms with Crippen LogP contribution in [0.3, 0.4) is 0 Å². The van der Waals surface area contributed by atoms with E-state index in [2.05, 4.69) is 28.2 Å². The third-order valence-electron chi connectivity index (χ3n) is 4.58. The second-order valence-corrected chi connectivity index (χ2v) is 6.06. The summed E-state index contributed by atoms with van der Waals surface area (Å²) in [5.74, 6) is 0.0708. The number of nitrogens with zero attached hydrogens (tertiary/aromatic N) is 2. The van der Waals surface area contributed by atoms with Crippen molar-refractivity contribution in [2.75, 3.05) is 6.54 Å². The number of para-hydroxylation sites is 1. The van der Waals surface area contributed by atoms with E-state index in [1.54, 1.807) is 12.4 Å². The molecule has 23 heavy (non-hydrogen) atoms. The Morgan fingerprint density at radius 3 is 2.91 bits per heavy atom. The molecule has 1 aliphatic rings. The standard InChI is InChI=1S/C19H19N3O/c23-19(15-7-5-10-20-13-15)22-11-4-3-9-18(22)17-12-14-6-1-2-8-16(14)21-17/h1-2,5-8,10,12-13,18,21H,3-4,9,11H2. The molecule has 2 aromatic heterocycles. The maximum Gasteiger partial charge on any atom is 0.255 e. The summed E-state index contributed by atoms with van der Waals surface area (Å²) in [6.07, 6.45) is 6.56. The van der Waals surface area contributed by atoms with E-state index in [9.17, 15) is 4.79 Å². The molecular weight excluding hydrogens is 286 g/mol. The molecule has 1 aromatic carbocycles. The van der Waals surface area contributed by atoms with E-state index in [0.717, 1.165) is 37.0 Å². The van der Waals surface area contributed by atoms with E-state index < -0.39 is 0 Å². The molecule has 1 N–H and O–H groups in total. The van der Waals surface area contributed by atoms with Crippen LogP contribution in [-0.2, 0) is 0 Å². The molecule has 0 radical (unpaired) electrons. The van der Waals surface area contributed by atoms with E-state index in [4.69, 9.17) is 0 Å². The van der Waals surface area contributed by atoms with Crippen molar-refractivity contribution >= 4 is 16.8 Å². The first-order valence-electron chi connectivity index (χ1n) is 8.11. The van der Waals surface area contributed by atoms with Gasteiger partial charge in [-0.15, -0.1) is 0 Å². The summed E-state index contributed by atoms with van der Waals surface area (Å²) in [5.41, 5.74) is 2.92. The van der Waals surface area contributed by atoms with E-state index in [1.165, 1.54) is 5.39 Å². The van der Waals surface area contributed by atoms with Crippen LogP contribution in [0.2, 0.25) is 0 Å². The Bertz CT molecular complexity index is 792. The molecule has 1 unspecified atom stereocenters. The van der Waals surface area contributed by atoms with Crippen LogP contribution in [0, 0.1) is 0 Å². The highest BCUT2D eigenvalue weighted by atomic mass is 16.2. The minimum absolute atomic E-state index is 0.0708. The number of amides is 1. The lowest BCUT2D eigenvalue weighted by molar-refractivity contribution is 0.0606. The van der Waals surface area contributed by atoms with Gasteiger partial charge in [0.2, 0.25) is 0 Å². The van der Waals surface area contributed by atoms with Crippen molar-refractivity contribution in [1.29, 1.82) is 0 Å². The molecule has 3 heterocycles. The van der Waals surface area contributed by atoms with Gasteiger partial charge in [-0.05, 0) is 48.9 Å². The summed E-state index contributed by atoms with van der Waals surface area (Å²) >= 11 is 0. The van der Waals surface area contributed by atoms with Crippen LogP contribution in [-0.4, -0.2) is 27.3 Å². The highest BCUT2D eigenvalue weighted by Crippen LogP contribution is 2.33. The number of carbonyl (C=O) groups excluding carboxylic acids is 1. The topological polar surface area (TPSA) is 49.0 Å². The van der Waals surface area contributed by atoms with Crippen molar-refractivity contribution in [3.63, 3.8) is 0 Å². The minimum Gasteiger partial charge on any atom is -0.357 e. The number of pyridine rings is 1. The summed E-state index contributed by atoms with van der Waals surface area (Å²) in [7, 11) is 0. The van der Waals surface area contributed by atoms with Gasteiger partial charge in [0.15, 0.2) is 0 Å². The largest absolute Gasteiger partial charge is 0.357 e. The van der Waals surface area contributed by atoms with E-state index >= 15 is 0 Å². The fourth-order valence-electron chi connectivity index (χ4n) is 3.43. The number of hydrogen-bond acceptors (Lipinski definition) is 2. The number of nitrogens with one attached hydrogen (secondary N) is 1. The van der Waals surface area contributed by atoms with E-state index in [-0.39, 0.29) is 11.9 Å². The molecule has 0 bridgehead atoms. The van der Waals surface area contributed by atoms with Crippen molar-refractivity contribution in [2.45, 2.75) is 25.3 Å². The van der Waals surface area contributed by atoms with Crippen molar-refractivity contribution < 1.29 is 4.79 Å². The molecule has 1 fully saturated rings. The predicted molar refractivity (Wildman–Crippen MR) is 90.2 cm³/mol. The minimum atomic E-state index is 0.0708. The maximum atomic E-state index is 12.9. The molecule has 1 aliphatic heterocycles. The number of H-pyrrole nitrogens is 1. The van der Waals surface area contributed by atoms with E-state index in [0.29, 0.717) is 5.56 Å². The molecular formula is C19H19N3O. The van der Waals surface area contributed by atoms with Gasteiger partial charge in [-0.25, -0.2) is 0 Å². The average molecular weight is 305 g/mol. The molecule has 1 amide bonds. The molecule has 0 aliphatic carbocycles. The van der Waals surface area contributed by atoms with Crippen LogP contribution in [0.4, 0.5) is 0 Å². The normalized spacial score (nSPS) is 18.3. The van der Waals surface area contributed by atoms with Gasteiger partial charge in [-0.2, -0.15) is 0 Å². The summed E-state index contributed by atoms with van der Waals surface area (Å²) in [4.78, 5) is 22.4. The first kappa shape index (κ1) is 14.0. The maximum absolute atomic E-state index is 12.9. The third-order valence-corrected chi connectivity index (χ3v) is 4.58. The lowest BCUT2D eigenvalue weighted by Gasteiger charge is -2.35. The van der Waals surface area contributed by atoms with Crippen LogP contribution in [0.1, 0.15) is 41.4 Å². The molecule has 4 heteroatoms. The zero-order chi connectivity index (χ0) is 15.6. The van der Waals surface area contributed by atoms with Crippen LogP contribution in [0.15, 0.2) is 54.9 Å². The smallest absolute Gasteiger partial charge is 0.255 e. The summed E-state index contributed by atoms with van der Waals surface area (Å²) in [6, 6.07) is 14.2. The van der Waals surface area contributed by atoms with Gasteiger partial charge in [0.1, 0.15) is 0 Å². The van der Waals surface area contributed by atoms with Gasteiger partial charge in [-0.3, -0.25) is 9.78 Å². The lowest BCUT2D eigenvalue weighted by atomic mass is 9.98. The SMILES string of the molecule is O=C(c1cccnc1)N1CCCCC1c1cc2ccccc2[nH]1. The predicted octanol–water partition coefficient (Wildman–Crippen LogP) is 3.93. The quantitative estimate of drug-likeness (QED) is 0.780. The van der Waals surface area contributed by atoms with Gasteiger partial charge in [0, 0.05) is 30.1 Å². The molecule has 0 spiro atoms. The second-order valence-electron chi connectivity index (χ2n) is 6.06. The molecule has 1 atom stereocenters. The Labute approximate surface area is 135 Å². The van der Waals surface area contributed by atoms with Crippen LogP contribution in [0.5, 0.6) is 0 Å². The van der Waals surface area contributed by atoms with Gasteiger partial charge in [0.05, 0.1) is 11.6 Å². The number of piperidine rings is 1. The fraction of sp³-hybridized carbons (Fsp3) is 0.263. The van der Waals surface area contributed by atoms with Crippen molar-refractivity contribution in [1.82, 2.24) is 14.9 Å². The molecule has 4 nitrogen and oxygen atoms in total. The second kappa shape index (κ2) is 5.88. The molecule has 4 rings (SSSR count). The highest BCUT2D eigenvalue weighted by Gasteiger charge is 2.29. The zero-order valence-corrected chi connectivity index (χ0v) is 12.9. The highest BCUT2D eigenvalue weighted by molar-refractivity contribution is 5.94. The molecule has 0 saturated carbocycles. The number of hydrogen-bond donors (Lipinski definition) is 1. The van der Waals surface area contributed by atoms with Gasteiger partial charge < -0.3 is 9.88 Å². The number of carbonyl (C=O) groups is 1. The number of benzene rings is 1. The summed E-state index contributed by atoms with van der Waals surface area (Å²) in [5, 5.41) is 1.20. The van der Waals surface area contributed by atoms with Gasteiger partial charge in [-0.1, -0.05) is 18.2 Å². The van der Waals surface area contributed by atoms with E-state index in [1.807, 2.05) is 29.2 Å². The van der Waals surface area contributed by atoms with Crippen molar-refractivity contribution in [3.8, 4) is 0 Å². The van der Waals surface area contributed by atoms with Crippen molar-refractivity contribution in [2.24, 2.45) is 0 Å². The monoisotopic (exact) mass is 305 g/mol. The summed E-state index contributed by atoms with van der Waals surface area (Å²) < 4.78 is 0. The number of aromatic nitrogens is 2. The zero-order valence-electron chi connectivity index (χ0n) is 12.9. The van der Waals surface area contributed by atoms with Crippen molar-refractivity contribution in [3.05, 3.63) is 66.1 Å². The number of likely N-dealkylation sites (tertiary alicyclic amines) is 1. The Morgan fingerprint density at radius 1 is 1.17 bits per heavy atom. The third kappa shape index (κ3) is 2.61. The van der Waals surface area contributed by atoms with Crippen LogP contribution in [0.25, 0.3) is 10.9 Å². The first-order valence-corrected chi connectivity index (χ1v) is 8.11. The average Bonchev–Trinajstić information content (AvgIpc) is 3.06. The van der Waals surface area contributed by atoms with Crippen LogP contribution < -0.4 is 0 Å². The van der Waals surface area contributed by atoms with Gasteiger partial charge >= 0.3 is 0 Å². The summed E-state index contributed by atoms with van der Waals surface area (Å²) in [6.45, 7) is 0.799. The fourth-order valence-corrected chi connectivity index (χ4v) is 3.43. The Morgan fingerprint density at radius 2 is 2.09 bits per heavy atom. The van der Waals surface area contributed by atoms with Gasteiger partial charge in [0.25, 0.3) is 5.91 Å². The number of rotatable bonds is 2. The number of fused-ring (bicyclic) bond motifs is 1. The molecule has 1 saturated heterocycles. The number of aromatic amines is 1. The Balaban J connectivity index is 1.69. The molecule has 3 aromatic rings. The Hall–Kier alpha value is -2.62. The Kier molecular flexibility index (Phi) is 3.58. The molecule has 116 valence electrons. The lowest BCUT2D eigenvalue weighted by Crippen LogP contribution is -2.38. The first-order chi connectivity index (χ1) is 11.3. The van der Waals surface area contributed by atoms with Crippen LogP contribution >= 0.6 is 0 Å².